The summed E-state index contributed by atoms with van der Waals surface area (Å²) >= 11 is 0. The predicted octanol–water partition coefficient (Wildman–Crippen LogP) is 1.08. The molecular weight excluding hydrogens is 270 g/mol. The molecule has 2 N–H and O–H groups in total. The number of carbonyl (C=O) groups is 1. The van der Waals surface area contributed by atoms with Crippen LogP contribution >= 0.6 is 0 Å². The summed E-state index contributed by atoms with van der Waals surface area (Å²) in [5, 5.41) is 8.93. The molecule has 1 aromatic carbocycles. The van der Waals surface area contributed by atoms with Crippen molar-refractivity contribution in [2.24, 2.45) is 5.41 Å². The van der Waals surface area contributed by atoms with Gasteiger partial charge in [0.25, 0.3) is 0 Å². The number of methoxy groups -OCH3 is 1. The first-order valence-corrected chi connectivity index (χ1v) is 7.04. The predicted molar refractivity (Wildman–Crippen MR) is 69.6 cm³/mol. The van der Waals surface area contributed by atoms with Crippen LogP contribution in [0.25, 0.3) is 0 Å². The molecule has 0 fully saturated rings. The van der Waals surface area contributed by atoms with Crippen LogP contribution in [0.1, 0.15) is 13.8 Å². The number of ether oxygens (including phenoxy) is 1. The third kappa shape index (κ3) is 3.93. The van der Waals surface area contributed by atoms with Crippen molar-refractivity contribution in [3.05, 3.63) is 24.3 Å². The van der Waals surface area contributed by atoms with Crippen molar-refractivity contribution in [3.8, 4) is 5.75 Å². The summed E-state index contributed by atoms with van der Waals surface area (Å²) in [7, 11) is -2.24. The van der Waals surface area contributed by atoms with Gasteiger partial charge in [0.2, 0.25) is 10.0 Å². The Hall–Kier alpha value is -1.60. The fraction of sp³-hybridized carbons (Fsp3) is 0.417. The number of rotatable bonds is 6. The first kappa shape index (κ1) is 15.5. The number of sulfonamides is 1. The fourth-order valence-corrected chi connectivity index (χ4v) is 2.40. The van der Waals surface area contributed by atoms with Gasteiger partial charge >= 0.3 is 5.97 Å². The first-order chi connectivity index (χ1) is 8.69. The maximum atomic E-state index is 12.0. The van der Waals surface area contributed by atoms with Crippen molar-refractivity contribution in [3.63, 3.8) is 0 Å². The molecule has 0 unspecified atom stereocenters. The maximum Gasteiger partial charge on any atom is 0.310 e. The molecule has 0 saturated carbocycles. The smallest absolute Gasteiger partial charge is 0.310 e. The molecule has 106 valence electrons. The van der Waals surface area contributed by atoms with Crippen molar-refractivity contribution in [2.75, 3.05) is 13.7 Å². The van der Waals surface area contributed by atoms with Crippen LogP contribution in [0, 0.1) is 5.41 Å². The topological polar surface area (TPSA) is 92.7 Å². The number of carboxylic acid groups (broad SMARTS) is 1. The van der Waals surface area contributed by atoms with Crippen LogP contribution in [0.2, 0.25) is 0 Å². The zero-order valence-corrected chi connectivity index (χ0v) is 11.8. The summed E-state index contributed by atoms with van der Waals surface area (Å²) in [6.45, 7) is 2.72. The van der Waals surface area contributed by atoms with Crippen LogP contribution < -0.4 is 9.46 Å². The zero-order chi connectivity index (χ0) is 14.7. The largest absolute Gasteiger partial charge is 0.497 e. The van der Waals surface area contributed by atoms with Gasteiger partial charge in [-0.15, -0.1) is 0 Å². The van der Waals surface area contributed by atoms with Crippen molar-refractivity contribution in [1.82, 2.24) is 4.72 Å². The molecule has 19 heavy (non-hydrogen) atoms. The van der Waals surface area contributed by atoms with E-state index in [1.165, 1.54) is 45.2 Å². The second-order valence-electron chi connectivity index (χ2n) is 4.69. The van der Waals surface area contributed by atoms with E-state index in [0.717, 1.165) is 0 Å². The summed E-state index contributed by atoms with van der Waals surface area (Å²) in [4.78, 5) is 11.0. The van der Waals surface area contributed by atoms with Gasteiger partial charge < -0.3 is 9.84 Å². The summed E-state index contributed by atoms with van der Waals surface area (Å²) in [6, 6.07) is 5.84. The van der Waals surface area contributed by atoms with E-state index in [4.69, 9.17) is 9.84 Å². The van der Waals surface area contributed by atoms with Crippen molar-refractivity contribution in [1.29, 1.82) is 0 Å². The molecule has 1 rings (SSSR count). The SMILES string of the molecule is COc1ccc(S(=O)(=O)NCC(C)(C)C(=O)O)cc1. The van der Waals surface area contributed by atoms with Gasteiger partial charge in [0.05, 0.1) is 17.4 Å². The number of nitrogens with one attached hydrogen (secondary N) is 1. The maximum absolute atomic E-state index is 12.0. The van der Waals surface area contributed by atoms with Crippen molar-refractivity contribution >= 4 is 16.0 Å². The van der Waals surface area contributed by atoms with Crippen LogP contribution in [0.3, 0.4) is 0 Å². The van der Waals surface area contributed by atoms with Crippen LogP contribution in [-0.2, 0) is 14.8 Å². The third-order valence-corrected chi connectivity index (χ3v) is 4.07. The van der Waals surface area contributed by atoms with E-state index in [9.17, 15) is 13.2 Å². The summed E-state index contributed by atoms with van der Waals surface area (Å²) in [6.07, 6.45) is 0. The number of carboxylic acids is 1. The summed E-state index contributed by atoms with van der Waals surface area (Å²) < 4.78 is 31.1. The molecule has 0 bridgehead atoms. The first-order valence-electron chi connectivity index (χ1n) is 5.56. The van der Waals surface area contributed by atoms with Crippen LogP contribution in [0.15, 0.2) is 29.2 Å². The van der Waals surface area contributed by atoms with Gasteiger partial charge in [-0.2, -0.15) is 0 Å². The second kappa shape index (κ2) is 5.58. The molecule has 1 aromatic rings. The van der Waals surface area contributed by atoms with Gasteiger partial charge in [-0.1, -0.05) is 0 Å². The lowest BCUT2D eigenvalue weighted by atomic mass is 9.95. The minimum Gasteiger partial charge on any atom is -0.497 e. The Kier molecular flexibility index (Phi) is 4.54. The Morgan fingerprint density at radius 2 is 1.84 bits per heavy atom. The molecule has 0 atom stereocenters. The molecule has 0 spiro atoms. The van der Waals surface area contributed by atoms with Gasteiger partial charge in [0.15, 0.2) is 0 Å². The standard InChI is InChI=1S/C12H17NO5S/c1-12(2,11(14)15)8-13-19(16,17)10-6-4-9(18-3)5-7-10/h4-7,13H,8H2,1-3H3,(H,14,15). The van der Waals surface area contributed by atoms with E-state index >= 15 is 0 Å². The Labute approximate surface area is 112 Å². The summed E-state index contributed by atoms with van der Waals surface area (Å²) in [5.41, 5.74) is -1.17. The third-order valence-electron chi connectivity index (χ3n) is 2.65. The number of aliphatic carboxylic acids is 1. The Balaban J connectivity index is 2.84. The lowest BCUT2D eigenvalue weighted by molar-refractivity contribution is -0.146. The van der Waals surface area contributed by atoms with Crippen molar-refractivity contribution in [2.45, 2.75) is 18.7 Å². The fourth-order valence-electron chi connectivity index (χ4n) is 1.19. The Morgan fingerprint density at radius 1 is 1.32 bits per heavy atom. The minimum absolute atomic E-state index is 0.0643. The highest BCUT2D eigenvalue weighted by Crippen LogP contribution is 2.18. The molecule has 6 nitrogen and oxygen atoms in total. The lowest BCUT2D eigenvalue weighted by Crippen LogP contribution is -2.38. The molecule has 0 radical (unpaired) electrons. The molecule has 0 aromatic heterocycles. The normalized spacial score (nSPS) is 12.2. The van der Waals surface area contributed by atoms with E-state index < -0.39 is 21.4 Å². The number of hydrogen-bond donors (Lipinski definition) is 2. The van der Waals surface area contributed by atoms with E-state index in [-0.39, 0.29) is 11.4 Å². The quantitative estimate of drug-likeness (QED) is 0.817. The van der Waals surface area contributed by atoms with Crippen molar-refractivity contribution < 1.29 is 23.1 Å². The minimum atomic E-state index is -3.72. The van der Waals surface area contributed by atoms with E-state index in [1.54, 1.807) is 0 Å². The molecular formula is C12H17NO5S. The van der Waals surface area contributed by atoms with E-state index in [0.29, 0.717) is 5.75 Å². The average molecular weight is 287 g/mol. The highest BCUT2D eigenvalue weighted by molar-refractivity contribution is 7.89. The van der Waals surface area contributed by atoms with Gasteiger partial charge in [0, 0.05) is 6.54 Å². The van der Waals surface area contributed by atoms with Crippen LogP contribution in [0.4, 0.5) is 0 Å². The molecule has 0 aliphatic heterocycles. The molecule has 0 saturated heterocycles. The molecule has 7 heteroatoms. The van der Waals surface area contributed by atoms with Gasteiger partial charge in [-0.05, 0) is 38.1 Å². The Morgan fingerprint density at radius 3 is 2.26 bits per heavy atom. The highest BCUT2D eigenvalue weighted by atomic mass is 32.2. The van der Waals surface area contributed by atoms with E-state index in [2.05, 4.69) is 4.72 Å². The zero-order valence-electron chi connectivity index (χ0n) is 11.0. The van der Waals surface area contributed by atoms with Gasteiger partial charge in [-0.25, -0.2) is 13.1 Å². The van der Waals surface area contributed by atoms with E-state index in [1.807, 2.05) is 0 Å². The second-order valence-corrected chi connectivity index (χ2v) is 6.46. The molecule has 0 amide bonds. The van der Waals surface area contributed by atoms with Gasteiger partial charge in [0.1, 0.15) is 5.75 Å². The van der Waals surface area contributed by atoms with Crippen LogP contribution in [0.5, 0.6) is 5.75 Å². The number of benzene rings is 1. The van der Waals surface area contributed by atoms with Gasteiger partial charge in [-0.3, -0.25) is 4.79 Å². The molecule has 0 aliphatic carbocycles. The monoisotopic (exact) mass is 287 g/mol. The highest BCUT2D eigenvalue weighted by Gasteiger charge is 2.29. The summed E-state index contributed by atoms with van der Waals surface area (Å²) in [5.74, 6) is -0.519. The average Bonchev–Trinajstić information content (AvgIpc) is 2.36. The molecule has 0 heterocycles. The molecule has 0 aliphatic rings. The Bertz CT molecular complexity index is 548. The lowest BCUT2D eigenvalue weighted by Gasteiger charge is -2.19. The number of hydrogen-bond acceptors (Lipinski definition) is 4. The van der Waals surface area contributed by atoms with Crippen LogP contribution in [-0.4, -0.2) is 33.1 Å².